The molecule has 0 bridgehead atoms. The molecule has 6 nitrogen and oxygen atoms in total. The molecule has 0 radical (unpaired) electrons. The van der Waals surface area contributed by atoms with Crippen LogP contribution in [0.4, 0.5) is 18.0 Å². The van der Waals surface area contributed by atoms with Crippen LogP contribution in [0.1, 0.15) is 65.6 Å². The zero-order valence-electron chi connectivity index (χ0n) is 19.6. The van der Waals surface area contributed by atoms with Crippen LogP contribution < -0.4 is 4.72 Å². The first-order valence-electron chi connectivity index (χ1n) is 10.5. The molecular weight excluding hydrogens is 445 g/mol. The fraction of sp³-hybridized carbons (Fsp3) is 0.682. The normalized spacial score (nSPS) is 20.1. The van der Waals surface area contributed by atoms with E-state index in [0.29, 0.717) is 0 Å². The minimum Gasteiger partial charge on any atom is -0.598 e. The van der Waals surface area contributed by atoms with Gasteiger partial charge in [-0.25, -0.2) is 9.18 Å². The lowest BCUT2D eigenvalue weighted by Crippen LogP contribution is -2.52. The van der Waals surface area contributed by atoms with E-state index in [1.54, 1.807) is 48.5 Å². The van der Waals surface area contributed by atoms with Gasteiger partial charge in [-0.3, -0.25) is 0 Å². The number of carbonyl (C=O) groups excluding carboxylic acids is 1. The van der Waals surface area contributed by atoms with Crippen LogP contribution >= 0.6 is 0 Å². The Balaban J connectivity index is 2.24. The minimum absolute atomic E-state index is 0.0282. The smallest absolute Gasteiger partial charge is 0.410 e. The van der Waals surface area contributed by atoms with Crippen molar-refractivity contribution in [3.8, 4) is 0 Å². The van der Waals surface area contributed by atoms with Gasteiger partial charge < -0.3 is 18.9 Å². The first-order chi connectivity index (χ1) is 14.5. The third-order valence-corrected chi connectivity index (χ3v) is 6.50. The molecule has 1 amide bonds. The van der Waals surface area contributed by atoms with E-state index < -0.39 is 63.8 Å². The molecule has 3 atom stereocenters. The summed E-state index contributed by atoms with van der Waals surface area (Å²) in [5.41, 5.74) is -1.63. The molecule has 0 spiro atoms. The Morgan fingerprint density at radius 1 is 1.28 bits per heavy atom. The summed E-state index contributed by atoms with van der Waals surface area (Å²) in [6, 6.07) is 2.94. The van der Waals surface area contributed by atoms with Gasteiger partial charge in [0.2, 0.25) is 0 Å². The van der Waals surface area contributed by atoms with E-state index >= 15 is 13.2 Å². The molecule has 1 fully saturated rings. The highest BCUT2D eigenvalue weighted by atomic mass is 32.2. The van der Waals surface area contributed by atoms with Crippen LogP contribution in [0.25, 0.3) is 0 Å². The van der Waals surface area contributed by atoms with Crippen LogP contribution in [-0.2, 0) is 26.8 Å². The standard InChI is InChI=1S/C22H33F3N2O4S/c1-14(26-32(29)21(5,6)7)15-9-8-10-16(18(15)23)22(24,25)17-13-27(11-12-30-17)19(28)31-20(2,3)4/h8-10,14,17,26H,11-13H2,1-7H3/t14-,17-,32?/m1/s1. The minimum atomic E-state index is -3.70. The maximum Gasteiger partial charge on any atom is 0.410 e. The Bertz CT molecular complexity index is 811. The summed E-state index contributed by atoms with van der Waals surface area (Å²) < 4.78 is 70.9. The number of hydrogen-bond acceptors (Lipinski definition) is 5. The molecule has 0 aromatic heterocycles. The molecule has 1 unspecified atom stereocenters. The number of amides is 1. The molecule has 1 aromatic carbocycles. The SMILES string of the molecule is C[C@@H](N[S+]([O-])C(C)(C)C)c1cccc(C(F)(F)[C@H]2CN(C(=O)OC(C)(C)C)CCO2)c1F. The van der Waals surface area contributed by atoms with Gasteiger partial charge in [0.15, 0.2) is 0 Å². The van der Waals surface area contributed by atoms with Crippen molar-refractivity contribution in [1.82, 2.24) is 9.62 Å². The summed E-state index contributed by atoms with van der Waals surface area (Å²) in [6.45, 7) is 11.4. The molecule has 1 aliphatic heterocycles. The Labute approximate surface area is 191 Å². The topological polar surface area (TPSA) is 73.9 Å². The average Bonchev–Trinajstić information content (AvgIpc) is 2.65. The maximum absolute atomic E-state index is 15.3. The second kappa shape index (κ2) is 9.79. The molecule has 1 heterocycles. The first-order valence-corrected chi connectivity index (χ1v) is 11.6. The van der Waals surface area contributed by atoms with Crippen LogP contribution in [0.2, 0.25) is 0 Å². The van der Waals surface area contributed by atoms with E-state index in [1.807, 2.05) is 0 Å². The van der Waals surface area contributed by atoms with E-state index in [0.717, 1.165) is 11.0 Å². The van der Waals surface area contributed by atoms with E-state index in [4.69, 9.17) is 9.47 Å². The van der Waals surface area contributed by atoms with Gasteiger partial charge in [-0.2, -0.15) is 8.78 Å². The zero-order chi connectivity index (χ0) is 24.5. The lowest BCUT2D eigenvalue weighted by Gasteiger charge is -2.37. The van der Waals surface area contributed by atoms with Gasteiger partial charge in [-0.05, 0) is 54.5 Å². The molecule has 1 aliphatic rings. The van der Waals surface area contributed by atoms with Crippen molar-refractivity contribution in [3.05, 3.63) is 35.1 Å². The number of alkyl halides is 2. The number of benzene rings is 1. The third kappa shape index (κ3) is 6.52. The van der Waals surface area contributed by atoms with Crippen molar-refractivity contribution in [2.24, 2.45) is 0 Å². The van der Waals surface area contributed by atoms with E-state index in [9.17, 15) is 9.35 Å². The van der Waals surface area contributed by atoms with E-state index in [1.165, 1.54) is 12.1 Å². The number of morpholine rings is 1. The van der Waals surface area contributed by atoms with Gasteiger partial charge in [0.25, 0.3) is 0 Å². The van der Waals surface area contributed by atoms with Crippen LogP contribution in [0.15, 0.2) is 18.2 Å². The van der Waals surface area contributed by atoms with Crippen molar-refractivity contribution in [3.63, 3.8) is 0 Å². The number of carbonyl (C=O) groups is 1. The largest absolute Gasteiger partial charge is 0.598 e. The zero-order valence-corrected chi connectivity index (χ0v) is 20.4. The highest BCUT2D eigenvalue weighted by molar-refractivity contribution is 7.90. The summed E-state index contributed by atoms with van der Waals surface area (Å²) in [6.07, 6.45) is -2.46. The van der Waals surface area contributed by atoms with E-state index in [-0.39, 0.29) is 18.7 Å². The molecule has 1 aromatic rings. The lowest BCUT2D eigenvalue weighted by molar-refractivity contribution is -0.171. The number of nitrogens with zero attached hydrogens (tertiary/aromatic N) is 1. The van der Waals surface area contributed by atoms with Crippen LogP contribution in [0, 0.1) is 5.82 Å². The summed E-state index contributed by atoms with van der Waals surface area (Å²) in [5, 5.41) is 0. The number of rotatable bonds is 5. The molecule has 1 N–H and O–H groups in total. The molecule has 32 heavy (non-hydrogen) atoms. The quantitative estimate of drug-likeness (QED) is 0.623. The first kappa shape index (κ1) is 26.8. The molecule has 182 valence electrons. The van der Waals surface area contributed by atoms with Gasteiger partial charge in [0, 0.05) is 23.5 Å². The highest BCUT2D eigenvalue weighted by Gasteiger charge is 2.48. The van der Waals surface area contributed by atoms with Gasteiger partial charge in [-0.1, -0.05) is 12.1 Å². The molecule has 0 saturated carbocycles. The predicted octanol–water partition coefficient (Wildman–Crippen LogP) is 4.67. The number of hydrogen-bond donors (Lipinski definition) is 1. The number of halogens is 3. The Morgan fingerprint density at radius 2 is 1.91 bits per heavy atom. The molecule has 1 saturated heterocycles. The van der Waals surface area contributed by atoms with Crippen LogP contribution in [0.3, 0.4) is 0 Å². The maximum atomic E-state index is 15.3. The van der Waals surface area contributed by atoms with Crippen molar-refractivity contribution < 1.29 is 32.0 Å². The second-order valence-corrected chi connectivity index (χ2v) is 11.8. The Morgan fingerprint density at radius 3 is 2.47 bits per heavy atom. The van der Waals surface area contributed by atoms with Gasteiger partial charge in [-0.15, -0.1) is 4.72 Å². The van der Waals surface area contributed by atoms with E-state index in [2.05, 4.69) is 4.72 Å². The fourth-order valence-electron chi connectivity index (χ4n) is 3.08. The summed E-state index contributed by atoms with van der Waals surface area (Å²) in [7, 11) is 0. The summed E-state index contributed by atoms with van der Waals surface area (Å²) >= 11 is -1.51. The Hall–Kier alpha value is -1.49. The summed E-state index contributed by atoms with van der Waals surface area (Å²) in [5.74, 6) is -4.80. The highest BCUT2D eigenvalue weighted by Crippen LogP contribution is 2.38. The van der Waals surface area contributed by atoms with Crippen molar-refractivity contribution >= 4 is 17.5 Å². The number of ether oxygens (including phenoxy) is 2. The van der Waals surface area contributed by atoms with Gasteiger partial charge >= 0.3 is 12.0 Å². The summed E-state index contributed by atoms with van der Waals surface area (Å²) in [4.78, 5) is 13.5. The average molecular weight is 479 g/mol. The van der Waals surface area contributed by atoms with Crippen molar-refractivity contribution in [1.29, 1.82) is 0 Å². The van der Waals surface area contributed by atoms with Crippen LogP contribution in [-0.4, -0.2) is 51.7 Å². The van der Waals surface area contributed by atoms with Gasteiger partial charge in [0.1, 0.15) is 22.3 Å². The van der Waals surface area contributed by atoms with Crippen molar-refractivity contribution in [2.45, 2.75) is 76.9 Å². The predicted molar refractivity (Wildman–Crippen MR) is 117 cm³/mol. The number of nitrogens with one attached hydrogen (secondary N) is 1. The van der Waals surface area contributed by atoms with Gasteiger partial charge in [0.05, 0.1) is 24.8 Å². The fourth-order valence-corrected chi connectivity index (χ4v) is 3.88. The second-order valence-electron chi connectivity index (χ2n) is 9.84. The molecular formula is C22H33F3N2O4S. The molecule has 0 aliphatic carbocycles. The third-order valence-electron chi connectivity index (χ3n) is 4.82. The van der Waals surface area contributed by atoms with Crippen LogP contribution in [0.5, 0.6) is 0 Å². The monoisotopic (exact) mass is 478 g/mol. The Kier molecular flexibility index (Phi) is 8.18. The lowest BCUT2D eigenvalue weighted by atomic mass is 9.96. The molecule has 2 rings (SSSR count). The van der Waals surface area contributed by atoms with Crippen molar-refractivity contribution in [2.75, 3.05) is 19.7 Å². The molecule has 10 heteroatoms.